The number of pyridine rings is 1. The molecule has 0 bridgehead atoms. The van der Waals surface area contributed by atoms with Crippen molar-refractivity contribution in [2.45, 2.75) is 27.2 Å². The summed E-state index contributed by atoms with van der Waals surface area (Å²) in [5.41, 5.74) is 8.72. The van der Waals surface area contributed by atoms with Gasteiger partial charge in [0.25, 0.3) is 0 Å². The minimum Gasteiger partial charge on any atom is -0.366 e. The normalized spacial score (nSPS) is 16.2. The second-order valence-corrected chi connectivity index (χ2v) is 10.3. The number of benzene rings is 1. The molecular weight excluding hydrogens is 484 g/mol. The Balaban J connectivity index is 1.49. The average Bonchev–Trinajstić information content (AvgIpc) is 3.58. The molecule has 0 spiro atoms. The zero-order valence-electron chi connectivity index (χ0n) is 23.4. The monoisotopic (exact) mass is 522 g/mol. The van der Waals surface area contributed by atoms with Crippen LogP contribution in [0.25, 0.3) is 39.0 Å². The van der Waals surface area contributed by atoms with Crippen LogP contribution in [-0.2, 0) is 0 Å². The predicted molar refractivity (Wildman–Crippen MR) is 162 cm³/mol. The minimum absolute atomic E-state index is 0.378. The third-order valence-electron chi connectivity index (χ3n) is 7.69. The van der Waals surface area contributed by atoms with E-state index in [1.807, 2.05) is 25.4 Å². The molecule has 1 aliphatic heterocycles. The molecule has 8 nitrogen and oxygen atoms in total. The van der Waals surface area contributed by atoms with E-state index in [-0.39, 0.29) is 0 Å². The van der Waals surface area contributed by atoms with Gasteiger partial charge in [0.15, 0.2) is 5.82 Å². The highest BCUT2D eigenvalue weighted by molar-refractivity contribution is 5.97. The quantitative estimate of drug-likeness (QED) is 0.238. The molecule has 0 saturated carbocycles. The predicted octanol–water partition coefficient (Wildman–Crippen LogP) is 5.88. The summed E-state index contributed by atoms with van der Waals surface area (Å²) in [6, 6.07) is 6.34. The summed E-state index contributed by atoms with van der Waals surface area (Å²) in [6.07, 6.45) is 10.8. The van der Waals surface area contributed by atoms with E-state index >= 15 is 0 Å². The molecule has 4 aromatic rings. The van der Waals surface area contributed by atoms with Crippen molar-refractivity contribution in [3.63, 3.8) is 0 Å². The highest BCUT2D eigenvalue weighted by atomic mass is 15.3. The summed E-state index contributed by atoms with van der Waals surface area (Å²) >= 11 is 0. The van der Waals surface area contributed by atoms with Gasteiger partial charge in [0, 0.05) is 43.0 Å². The number of piperazine rings is 1. The molecule has 1 aliphatic rings. The number of hydrogen-bond donors (Lipinski definition) is 3. The van der Waals surface area contributed by atoms with Crippen LogP contribution in [-0.4, -0.2) is 63.3 Å². The number of likely N-dealkylation sites (N-methyl/N-ethyl adjacent to an activating group) is 1. The fourth-order valence-electron chi connectivity index (χ4n) is 4.89. The van der Waals surface area contributed by atoms with Gasteiger partial charge in [0.1, 0.15) is 11.2 Å². The number of fused-ring (bicyclic) bond motifs is 2. The molecule has 0 aliphatic carbocycles. The fraction of sp³-hybridized carbons (Fsp3) is 0.323. The molecule has 8 heteroatoms. The average molecular weight is 523 g/mol. The second kappa shape index (κ2) is 11.3. The molecule has 1 fully saturated rings. The van der Waals surface area contributed by atoms with Gasteiger partial charge in [0.05, 0.1) is 29.1 Å². The molecule has 39 heavy (non-hydrogen) atoms. The maximum atomic E-state index is 5.02. The summed E-state index contributed by atoms with van der Waals surface area (Å²) in [5, 5.41) is 12.3. The molecule has 1 aromatic carbocycles. The van der Waals surface area contributed by atoms with E-state index in [0.717, 1.165) is 94.3 Å². The molecule has 4 heterocycles. The third-order valence-corrected chi connectivity index (χ3v) is 7.69. The summed E-state index contributed by atoms with van der Waals surface area (Å²) in [6.45, 7) is 18.6. The Morgan fingerprint density at radius 3 is 2.69 bits per heavy atom. The summed E-state index contributed by atoms with van der Waals surface area (Å²) in [4.78, 5) is 17.7. The topological polar surface area (TPSA) is 88.8 Å². The molecular formula is C31H38N8. The Kier molecular flexibility index (Phi) is 7.65. The van der Waals surface area contributed by atoms with E-state index in [9.17, 15) is 0 Å². The number of aromatic amines is 2. The van der Waals surface area contributed by atoms with Crippen molar-refractivity contribution in [2.24, 2.45) is 5.92 Å². The van der Waals surface area contributed by atoms with Crippen LogP contribution in [0, 0.1) is 5.92 Å². The molecule has 0 radical (unpaired) electrons. The number of imidazole rings is 1. The van der Waals surface area contributed by atoms with Crippen LogP contribution in [0.3, 0.4) is 0 Å². The van der Waals surface area contributed by atoms with Gasteiger partial charge in [-0.05, 0) is 61.7 Å². The molecule has 202 valence electrons. The number of hydrogen-bond acceptors (Lipinski definition) is 6. The van der Waals surface area contributed by atoms with Crippen LogP contribution in [0.15, 0.2) is 73.4 Å². The lowest BCUT2D eigenvalue weighted by Crippen LogP contribution is -2.44. The van der Waals surface area contributed by atoms with Crippen LogP contribution in [0.2, 0.25) is 0 Å². The first-order chi connectivity index (χ1) is 18.9. The first-order valence-corrected chi connectivity index (χ1v) is 13.6. The van der Waals surface area contributed by atoms with Crippen molar-refractivity contribution in [2.75, 3.05) is 38.1 Å². The van der Waals surface area contributed by atoms with Crippen LogP contribution >= 0.6 is 0 Å². The van der Waals surface area contributed by atoms with E-state index in [1.165, 1.54) is 0 Å². The maximum absolute atomic E-state index is 5.02. The highest BCUT2D eigenvalue weighted by Gasteiger charge is 2.20. The lowest BCUT2D eigenvalue weighted by Gasteiger charge is -2.33. The molecule has 3 N–H and O–H groups in total. The van der Waals surface area contributed by atoms with Crippen molar-refractivity contribution in [3.8, 4) is 11.5 Å². The Morgan fingerprint density at radius 1 is 1.18 bits per heavy atom. The van der Waals surface area contributed by atoms with Crippen molar-refractivity contribution in [1.29, 1.82) is 0 Å². The molecule has 1 atom stereocenters. The molecule has 5 rings (SSSR count). The van der Waals surface area contributed by atoms with E-state index < -0.39 is 0 Å². The number of allylic oxidation sites excluding steroid dienone is 5. The lowest BCUT2D eigenvalue weighted by atomic mass is 10.0. The molecule has 3 aromatic heterocycles. The van der Waals surface area contributed by atoms with Crippen molar-refractivity contribution in [1.82, 2.24) is 35.4 Å². The number of nitrogens with zero attached hydrogens (tertiary/aromatic N) is 5. The number of anilines is 1. The van der Waals surface area contributed by atoms with Crippen molar-refractivity contribution < 1.29 is 0 Å². The first-order valence-electron chi connectivity index (χ1n) is 13.6. The zero-order valence-corrected chi connectivity index (χ0v) is 23.4. The van der Waals surface area contributed by atoms with Crippen LogP contribution in [0.5, 0.6) is 0 Å². The van der Waals surface area contributed by atoms with Gasteiger partial charge in [-0.25, -0.2) is 4.98 Å². The summed E-state index contributed by atoms with van der Waals surface area (Å²) in [7, 11) is 2.16. The van der Waals surface area contributed by atoms with Crippen LogP contribution in [0.1, 0.15) is 32.8 Å². The Morgan fingerprint density at radius 2 is 1.97 bits per heavy atom. The van der Waals surface area contributed by atoms with Crippen molar-refractivity contribution in [3.05, 3.63) is 78.9 Å². The van der Waals surface area contributed by atoms with Gasteiger partial charge in [-0.2, -0.15) is 5.10 Å². The smallest absolute Gasteiger partial charge is 0.159 e. The first kappa shape index (κ1) is 26.4. The number of rotatable bonds is 9. The Bertz CT molecular complexity index is 1560. The van der Waals surface area contributed by atoms with E-state index in [2.05, 4.69) is 99.7 Å². The highest BCUT2D eigenvalue weighted by Crippen LogP contribution is 2.32. The largest absolute Gasteiger partial charge is 0.366 e. The van der Waals surface area contributed by atoms with E-state index in [4.69, 9.17) is 4.98 Å². The van der Waals surface area contributed by atoms with Gasteiger partial charge in [-0.3, -0.25) is 10.1 Å². The van der Waals surface area contributed by atoms with E-state index in [1.54, 1.807) is 0 Å². The third kappa shape index (κ3) is 5.38. The van der Waals surface area contributed by atoms with Gasteiger partial charge >= 0.3 is 0 Å². The maximum Gasteiger partial charge on any atom is 0.159 e. The molecule has 1 saturated heterocycles. The van der Waals surface area contributed by atoms with Crippen LogP contribution in [0.4, 0.5) is 5.69 Å². The summed E-state index contributed by atoms with van der Waals surface area (Å²) < 4.78 is 0. The number of nitrogens with one attached hydrogen (secondary N) is 3. The number of H-pyrrole nitrogens is 2. The van der Waals surface area contributed by atoms with Crippen LogP contribution < -0.4 is 10.2 Å². The minimum atomic E-state index is 0.378. The standard InChI is InChI=1S/C31H38N8/c1-7-20(4)21(5)33-24(9-3)16-22(8-2)23-10-11-26-25(17-23)29(37-36-26)31-34-27-18-32-19-28(30(27)35-31)39-14-12-38(6)13-15-39/h8-11,16-20,33H,3,5,7,12-15H2,1-2,4,6H3,(H,34,35)(H,36,37)/b22-8+,24-16+. The van der Waals surface area contributed by atoms with Crippen molar-refractivity contribution >= 4 is 33.2 Å². The molecule has 0 amide bonds. The van der Waals surface area contributed by atoms with Gasteiger partial charge in [0.2, 0.25) is 0 Å². The zero-order chi connectivity index (χ0) is 27.5. The van der Waals surface area contributed by atoms with Gasteiger partial charge in [-0.15, -0.1) is 0 Å². The summed E-state index contributed by atoms with van der Waals surface area (Å²) in [5.74, 6) is 1.11. The SMILES string of the molecule is C=C/C(=C\C(=C/C)c1ccc2[nH]nc(-c3nc4c(N5CCN(C)CC5)cncc4[nH]3)c2c1)NC(=C)C(C)CC. The number of aromatic nitrogens is 5. The Labute approximate surface area is 230 Å². The van der Waals surface area contributed by atoms with Gasteiger partial charge in [-0.1, -0.05) is 39.1 Å². The lowest BCUT2D eigenvalue weighted by molar-refractivity contribution is 0.313. The van der Waals surface area contributed by atoms with Gasteiger partial charge < -0.3 is 20.1 Å². The molecule has 1 unspecified atom stereocenters. The Hall–Kier alpha value is -4.17. The van der Waals surface area contributed by atoms with E-state index in [0.29, 0.717) is 5.92 Å². The fourth-order valence-corrected chi connectivity index (χ4v) is 4.89. The second-order valence-electron chi connectivity index (χ2n) is 10.3.